The average molecular weight is 1960 g/mol. The molecule has 0 spiro atoms. The van der Waals surface area contributed by atoms with Gasteiger partial charge in [-0.25, -0.2) is 19.6 Å². The summed E-state index contributed by atoms with van der Waals surface area (Å²) in [6.45, 7) is 39.0. The van der Waals surface area contributed by atoms with E-state index >= 15 is 0 Å². The molecule has 2 N–H and O–H groups in total. The third kappa shape index (κ3) is 19.8. The van der Waals surface area contributed by atoms with Gasteiger partial charge in [0.15, 0.2) is 23.8 Å². The Kier molecular flexibility index (Phi) is 27.2. The van der Waals surface area contributed by atoms with Crippen molar-refractivity contribution in [3.8, 4) is 78.6 Å². The Labute approximate surface area is 857 Å². The summed E-state index contributed by atoms with van der Waals surface area (Å²) in [5.41, 5.74) is 24.2. The van der Waals surface area contributed by atoms with Gasteiger partial charge >= 0.3 is 11.9 Å². The SMILES string of the molecule is CC(=O)[C@@H](OC(C)(C)C)c1c(C)cc2cc(-c3cnc(N4CCN(C)CC4)nc3)ccc2c1-c1ccc2c3c(ccnc13)CCO2.CC(=O)[C@@H](OC(C)(C)C)c1c2c(c3ccccc3c1-c1ccc3c4c(ccnc14)CCO3)CCC2.Cc1cc2ccccc2c(-c2ccc3c4c(ccnc24)CCO3)c1[C@@H](OC(C)(C)C)C(=O)O.Cc1cc2ccccc2c(-c2ccc3c4c(ccnc24)CCO3)c1[C@H](OC(C)(C)C)C(=O)O. The number of piperazine rings is 1. The number of nitrogens with zero attached hydrogens (tertiary/aromatic N) is 8. The first-order chi connectivity index (χ1) is 70.4. The van der Waals surface area contributed by atoms with E-state index in [1.807, 2.05) is 225 Å². The van der Waals surface area contributed by atoms with Crippen LogP contribution < -0.4 is 23.8 Å². The van der Waals surface area contributed by atoms with Gasteiger partial charge < -0.3 is 57.9 Å². The highest BCUT2D eigenvalue weighted by Crippen LogP contribution is 2.54. The maximum Gasteiger partial charge on any atom is 0.337 e. The number of pyridine rings is 4. The Morgan fingerprint density at radius 1 is 0.340 bits per heavy atom. The van der Waals surface area contributed by atoms with Crippen molar-refractivity contribution in [3.63, 3.8) is 0 Å². The first-order valence-electron chi connectivity index (χ1n) is 51.2. The molecule has 0 saturated carbocycles. The molecule has 4 atom stereocenters. The normalized spacial score (nSPS) is 15.2. The van der Waals surface area contributed by atoms with E-state index in [1.165, 1.54) is 38.8 Å². The van der Waals surface area contributed by atoms with Gasteiger partial charge in [-0.05, 0) is 349 Å². The highest BCUT2D eigenvalue weighted by Gasteiger charge is 2.40. The van der Waals surface area contributed by atoms with E-state index in [4.69, 9.17) is 67.8 Å². The molecule has 0 bridgehead atoms. The van der Waals surface area contributed by atoms with E-state index < -0.39 is 58.8 Å². The standard InChI is InChI=1S/C38H41N5O3.C31H31NO3.2C28H27NO4/c1-23-19-27-20-26(28-21-40-37(41-22-28)43-16-14-42(6)15-17-43)7-8-29(27)34(32(23)36(24(2)44)46-38(3,4)5)30-9-10-31-33-25(12-18-45-31)11-13-39-35(30)33;1-18(33)30(35-31(2,3)4)28-23-11-7-10-21(23)20-8-5-6-9-22(20)27(28)24-12-13-25-26-19(15-17-34-25)14-16-32-29(24)26;2*1-16-15-18-7-5-6-8-19(18)24(22(16)26(27(30)31)33-28(2,3)4)20-9-10-21-23-17(12-14-32-21)11-13-29-25(20)23/h7-11,13,19-22,36H,12,14-18H2,1-6H3;5-6,8-9,12-14,16,30H,7,10-11,15,17H2,1-4H3;2*5-11,13,15,26H,12,14H2,1-4H3,(H,30,31)/t36-;30-;2*26-/m1110/s1. The molecule has 17 aromatic rings. The minimum absolute atomic E-state index is 0.0320. The van der Waals surface area contributed by atoms with Crippen LogP contribution in [-0.4, -0.2) is 151 Å². The first kappa shape index (κ1) is 99.8. The van der Waals surface area contributed by atoms with Gasteiger partial charge in [0.2, 0.25) is 5.95 Å². The Hall–Kier alpha value is -14.5. The molecule has 0 unspecified atom stereocenters. The fourth-order valence-corrected chi connectivity index (χ4v) is 22.4. The predicted molar refractivity (Wildman–Crippen MR) is 583 cm³/mol. The Morgan fingerprint density at radius 2 is 0.667 bits per heavy atom. The molecule has 0 radical (unpaired) electrons. The lowest BCUT2D eigenvalue weighted by Gasteiger charge is -2.32. The fraction of sp³-hybridized carbons (Fsp3) is 0.328. The molecule has 22 heteroatoms. The minimum Gasteiger partial charge on any atom is -0.493 e. The van der Waals surface area contributed by atoms with Crippen molar-refractivity contribution in [2.45, 2.75) is 209 Å². The molecule has 1 aliphatic carbocycles. The summed E-state index contributed by atoms with van der Waals surface area (Å²) in [7, 11) is 2.15. The van der Waals surface area contributed by atoms with Crippen LogP contribution in [-0.2, 0) is 76.7 Å². The number of aliphatic carboxylic acids is 2. The van der Waals surface area contributed by atoms with Crippen LogP contribution in [0.25, 0.3) is 142 Å². The second-order valence-electron chi connectivity index (χ2n) is 43.5. The van der Waals surface area contributed by atoms with Crippen LogP contribution >= 0.6 is 0 Å². The minimum atomic E-state index is -1.12. The number of ether oxygens (including phenoxy) is 8. The number of carbonyl (C=O) groups is 4. The molecule has 5 aliphatic heterocycles. The van der Waals surface area contributed by atoms with E-state index in [1.54, 1.807) is 13.8 Å². The van der Waals surface area contributed by atoms with Crippen molar-refractivity contribution in [2.24, 2.45) is 0 Å². The number of rotatable bonds is 18. The number of anilines is 1. The van der Waals surface area contributed by atoms with Gasteiger partial charge in [-0.1, -0.05) is 103 Å². The molecule has 750 valence electrons. The number of fused-ring (bicyclic) bond motifs is 6. The summed E-state index contributed by atoms with van der Waals surface area (Å²) in [4.78, 5) is 84.9. The van der Waals surface area contributed by atoms with Crippen molar-refractivity contribution in [1.82, 2.24) is 34.8 Å². The van der Waals surface area contributed by atoms with Crippen LogP contribution in [0.5, 0.6) is 23.0 Å². The van der Waals surface area contributed by atoms with Crippen LogP contribution in [0.4, 0.5) is 5.95 Å². The van der Waals surface area contributed by atoms with E-state index in [2.05, 4.69) is 115 Å². The molecule has 1 saturated heterocycles. The van der Waals surface area contributed by atoms with Crippen molar-refractivity contribution in [2.75, 3.05) is 64.6 Å². The molecule has 10 heterocycles. The molecular formula is C125H126N8O14. The van der Waals surface area contributed by atoms with Gasteiger partial charge in [-0.3, -0.25) is 29.5 Å². The van der Waals surface area contributed by atoms with Crippen LogP contribution in [0.2, 0.25) is 0 Å². The Bertz CT molecular complexity index is 7890. The molecule has 22 nitrogen and oxygen atoms in total. The monoisotopic (exact) mass is 1960 g/mol. The number of carbonyl (C=O) groups excluding carboxylic acids is 2. The largest absolute Gasteiger partial charge is 0.493 e. The summed E-state index contributed by atoms with van der Waals surface area (Å²) in [6, 6.07) is 62.0. The molecule has 12 aromatic carbocycles. The zero-order chi connectivity index (χ0) is 103. The molecular weight excluding hydrogens is 1840 g/mol. The number of hydrogen-bond donors (Lipinski definition) is 2. The van der Waals surface area contributed by atoms with Crippen molar-refractivity contribution in [3.05, 3.63) is 291 Å². The Balaban J connectivity index is 0.000000120. The summed E-state index contributed by atoms with van der Waals surface area (Å²) >= 11 is 0. The van der Waals surface area contributed by atoms with Crippen LogP contribution in [0.1, 0.15) is 200 Å². The average Bonchev–Trinajstić information content (AvgIpc) is 1.71. The number of likely N-dealkylation sites (N-methyl/N-ethyl adjacent to an activating group) is 1. The highest BCUT2D eigenvalue weighted by atomic mass is 16.5. The molecule has 147 heavy (non-hydrogen) atoms. The zero-order valence-corrected chi connectivity index (χ0v) is 87.1. The second-order valence-corrected chi connectivity index (χ2v) is 43.5. The summed E-state index contributed by atoms with van der Waals surface area (Å²) < 4.78 is 49.2. The highest BCUT2D eigenvalue weighted by molar-refractivity contribution is 6.15. The van der Waals surface area contributed by atoms with E-state index in [0.29, 0.717) is 37.6 Å². The molecule has 5 aromatic heterocycles. The van der Waals surface area contributed by atoms with Crippen LogP contribution in [0, 0.1) is 20.8 Å². The second kappa shape index (κ2) is 40.0. The predicted octanol–water partition coefficient (Wildman–Crippen LogP) is 26.4. The van der Waals surface area contributed by atoms with Crippen LogP contribution in [0.15, 0.2) is 219 Å². The van der Waals surface area contributed by atoms with E-state index in [-0.39, 0.29) is 11.6 Å². The van der Waals surface area contributed by atoms with Crippen molar-refractivity contribution >= 4 is 116 Å². The van der Waals surface area contributed by atoms with Crippen LogP contribution in [0.3, 0.4) is 0 Å². The lowest BCUT2D eigenvalue weighted by Crippen LogP contribution is -2.45. The summed E-state index contributed by atoms with van der Waals surface area (Å²) in [5, 5.41) is 33.2. The van der Waals surface area contributed by atoms with Gasteiger partial charge in [-0.15, -0.1) is 0 Å². The maximum atomic E-state index is 13.3. The quantitative estimate of drug-likeness (QED) is 0.0808. The number of Topliss-reactive ketones (excluding diaryl/α,β-unsaturated/α-hetero) is 2. The lowest BCUT2D eigenvalue weighted by molar-refractivity contribution is -0.161. The lowest BCUT2D eigenvalue weighted by atomic mass is 9.82. The molecule has 23 rings (SSSR count). The zero-order valence-electron chi connectivity index (χ0n) is 87.1. The van der Waals surface area contributed by atoms with Crippen molar-refractivity contribution in [1.29, 1.82) is 0 Å². The number of aryl methyl sites for hydroxylation is 4. The van der Waals surface area contributed by atoms with E-state index in [9.17, 15) is 29.4 Å². The summed E-state index contributed by atoms with van der Waals surface area (Å²) in [6.07, 6.45) is 14.1. The maximum absolute atomic E-state index is 13.3. The van der Waals surface area contributed by atoms with Gasteiger partial charge in [0.05, 0.1) is 70.9 Å². The third-order valence-electron chi connectivity index (χ3n) is 28.5. The smallest absolute Gasteiger partial charge is 0.337 e. The number of ketones is 2. The third-order valence-corrected chi connectivity index (χ3v) is 28.5. The number of carboxylic acids is 2. The van der Waals surface area contributed by atoms with Gasteiger partial charge in [0, 0.05) is 155 Å². The number of aromatic nitrogens is 6. The Morgan fingerprint density at radius 3 is 1.04 bits per heavy atom. The fourth-order valence-electron chi connectivity index (χ4n) is 22.4. The van der Waals surface area contributed by atoms with Gasteiger partial charge in [0.1, 0.15) is 35.2 Å². The topological polar surface area (TPSA) is 266 Å². The number of carboxylic acid groups (broad SMARTS) is 2. The van der Waals surface area contributed by atoms with Gasteiger partial charge in [-0.2, -0.15) is 0 Å². The van der Waals surface area contributed by atoms with Gasteiger partial charge in [0.25, 0.3) is 0 Å². The van der Waals surface area contributed by atoms with Crippen molar-refractivity contribution < 1.29 is 67.3 Å². The molecule has 6 aliphatic rings. The number of benzene rings is 12. The molecule has 1 fully saturated rings. The first-order valence-corrected chi connectivity index (χ1v) is 51.2. The summed E-state index contributed by atoms with van der Waals surface area (Å²) in [5.74, 6) is 2.13. The number of hydrogen-bond acceptors (Lipinski definition) is 20. The molecule has 0 amide bonds. The van der Waals surface area contributed by atoms with E-state index in [0.717, 1.165) is 265 Å².